The molecule has 0 fully saturated rings. The maximum atomic E-state index is 11.3. The molecule has 2 aromatic heterocycles. The van der Waals surface area contributed by atoms with E-state index in [0.717, 1.165) is 30.9 Å². The maximum Gasteiger partial charge on any atom is 0.268 e. The molecule has 7 heteroatoms. The van der Waals surface area contributed by atoms with Crippen molar-refractivity contribution in [2.75, 3.05) is 16.8 Å². The second-order valence-corrected chi connectivity index (χ2v) is 6.43. The number of hydrogen-bond donors (Lipinski definition) is 2. The fourth-order valence-electron chi connectivity index (χ4n) is 3.29. The third-order valence-electron chi connectivity index (χ3n) is 4.64. The van der Waals surface area contributed by atoms with Crippen LogP contribution in [0.15, 0.2) is 55.0 Å². The van der Waals surface area contributed by atoms with Crippen molar-refractivity contribution in [2.45, 2.75) is 19.5 Å². The number of nitrogens with zero attached hydrogens (tertiary/aromatic N) is 4. The van der Waals surface area contributed by atoms with Crippen molar-refractivity contribution in [3.8, 4) is 0 Å². The van der Waals surface area contributed by atoms with Crippen LogP contribution in [0, 0.1) is 0 Å². The van der Waals surface area contributed by atoms with Gasteiger partial charge >= 0.3 is 0 Å². The smallest absolute Gasteiger partial charge is 0.268 e. The van der Waals surface area contributed by atoms with Crippen LogP contribution in [-0.2, 0) is 19.5 Å². The molecular formula is C20H20N6O. The first-order valence-electron chi connectivity index (χ1n) is 8.82. The van der Waals surface area contributed by atoms with Gasteiger partial charge in [0.05, 0.1) is 12.4 Å². The first kappa shape index (κ1) is 17.0. The number of rotatable bonds is 5. The zero-order valence-electron chi connectivity index (χ0n) is 14.8. The second-order valence-electron chi connectivity index (χ2n) is 6.43. The summed E-state index contributed by atoms with van der Waals surface area (Å²) in [6.07, 6.45) is 5.74. The Balaban J connectivity index is 1.52. The number of primary amides is 1. The summed E-state index contributed by atoms with van der Waals surface area (Å²) in [4.78, 5) is 26.4. The molecule has 3 heterocycles. The van der Waals surface area contributed by atoms with Gasteiger partial charge in [-0.2, -0.15) is 0 Å². The topological polar surface area (TPSA) is 97.0 Å². The lowest BCUT2D eigenvalue weighted by atomic mass is 9.99. The summed E-state index contributed by atoms with van der Waals surface area (Å²) in [7, 11) is 0. The van der Waals surface area contributed by atoms with E-state index in [9.17, 15) is 4.79 Å². The van der Waals surface area contributed by atoms with E-state index in [4.69, 9.17) is 5.73 Å². The Hall–Kier alpha value is -3.48. The summed E-state index contributed by atoms with van der Waals surface area (Å²) < 4.78 is 0. The molecular weight excluding hydrogens is 340 g/mol. The van der Waals surface area contributed by atoms with E-state index in [1.165, 1.54) is 17.3 Å². The van der Waals surface area contributed by atoms with Crippen LogP contribution >= 0.6 is 0 Å². The first-order valence-corrected chi connectivity index (χ1v) is 8.82. The first-order chi connectivity index (χ1) is 13.2. The monoisotopic (exact) mass is 360 g/mol. The summed E-state index contributed by atoms with van der Waals surface area (Å²) in [6, 6.07) is 12.5. The molecule has 27 heavy (non-hydrogen) atoms. The number of aromatic nitrogens is 3. The lowest BCUT2D eigenvalue weighted by molar-refractivity contribution is 0.0995. The van der Waals surface area contributed by atoms with Crippen molar-refractivity contribution in [1.82, 2.24) is 15.0 Å². The van der Waals surface area contributed by atoms with Crippen LogP contribution in [0.4, 0.5) is 11.6 Å². The molecule has 7 nitrogen and oxygen atoms in total. The Morgan fingerprint density at radius 2 is 2.00 bits per heavy atom. The van der Waals surface area contributed by atoms with Crippen LogP contribution in [0.1, 0.15) is 27.2 Å². The van der Waals surface area contributed by atoms with Crippen LogP contribution in [0.3, 0.4) is 0 Å². The standard InChI is InChI=1S/C20H20N6O/c21-19(27)17-11-22-12-18(25-17)24-10-15-6-3-8-23-20(15)26-9-7-14-4-1-2-5-16(14)13-26/h1-6,8,11-12H,7,9-10,13H2,(H2,21,27)(H,24,25). The van der Waals surface area contributed by atoms with Crippen molar-refractivity contribution in [2.24, 2.45) is 5.73 Å². The van der Waals surface area contributed by atoms with Gasteiger partial charge in [-0.05, 0) is 23.6 Å². The molecule has 4 rings (SSSR count). The van der Waals surface area contributed by atoms with Crippen molar-refractivity contribution in [1.29, 1.82) is 0 Å². The van der Waals surface area contributed by atoms with Gasteiger partial charge in [-0.15, -0.1) is 0 Å². The van der Waals surface area contributed by atoms with E-state index >= 15 is 0 Å². The molecule has 1 aliphatic rings. The average molecular weight is 360 g/mol. The fraction of sp³-hybridized carbons (Fsp3) is 0.200. The SMILES string of the molecule is NC(=O)c1cncc(NCc2cccnc2N2CCc3ccccc3C2)n1. The Kier molecular flexibility index (Phi) is 4.65. The Bertz CT molecular complexity index is 974. The highest BCUT2D eigenvalue weighted by Crippen LogP contribution is 2.25. The molecule has 0 atom stereocenters. The molecule has 1 aromatic carbocycles. The minimum atomic E-state index is -0.597. The molecule has 0 saturated carbocycles. The number of pyridine rings is 1. The molecule has 0 spiro atoms. The van der Waals surface area contributed by atoms with Gasteiger partial charge in [-0.25, -0.2) is 9.97 Å². The number of benzene rings is 1. The minimum absolute atomic E-state index is 0.138. The number of nitrogens with two attached hydrogens (primary N) is 1. The zero-order chi connectivity index (χ0) is 18.6. The predicted molar refractivity (Wildman–Crippen MR) is 103 cm³/mol. The molecule has 0 saturated heterocycles. The van der Waals surface area contributed by atoms with Gasteiger partial charge in [0.1, 0.15) is 17.3 Å². The molecule has 1 amide bonds. The number of nitrogens with one attached hydrogen (secondary N) is 1. The average Bonchev–Trinajstić information content (AvgIpc) is 2.72. The van der Waals surface area contributed by atoms with Crippen molar-refractivity contribution in [3.05, 3.63) is 77.4 Å². The van der Waals surface area contributed by atoms with Crippen molar-refractivity contribution < 1.29 is 4.79 Å². The number of carbonyl (C=O) groups is 1. The van der Waals surface area contributed by atoms with Crippen LogP contribution in [0.5, 0.6) is 0 Å². The van der Waals surface area contributed by atoms with Gasteiger partial charge in [0, 0.05) is 31.4 Å². The van der Waals surface area contributed by atoms with Crippen molar-refractivity contribution >= 4 is 17.5 Å². The Morgan fingerprint density at radius 1 is 1.15 bits per heavy atom. The largest absolute Gasteiger partial charge is 0.365 e. The van der Waals surface area contributed by atoms with Gasteiger partial charge in [-0.3, -0.25) is 9.78 Å². The van der Waals surface area contributed by atoms with E-state index in [-0.39, 0.29) is 5.69 Å². The van der Waals surface area contributed by atoms with Gasteiger partial charge in [0.2, 0.25) is 0 Å². The second kappa shape index (κ2) is 7.41. The lowest BCUT2D eigenvalue weighted by Gasteiger charge is -2.31. The highest BCUT2D eigenvalue weighted by molar-refractivity contribution is 5.90. The predicted octanol–water partition coefficient (Wildman–Crippen LogP) is 2.15. The molecule has 0 unspecified atom stereocenters. The highest BCUT2D eigenvalue weighted by atomic mass is 16.1. The van der Waals surface area contributed by atoms with Gasteiger partial charge < -0.3 is 16.0 Å². The van der Waals surface area contributed by atoms with Crippen LogP contribution in [-0.4, -0.2) is 27.4 Å². The molecule has 1 aliphatic heterocycles. The third kappa shape index (κ3) is 3.72. The van der Waals surface area contributed by atoms with Crippen molar-refractivity contribution in [3.63, 3.8) is 0 Å². The Labute approximate surface area is 157 Å². The Morgan fingerprint density at radius 3 is 2.85 bits per heavy atom. The molecule has 136 valence electrons. The van der Waals surface area contributed by atoms with E-state index < -0.39 is 5.91 Å². The molecule has 0 radical (unpaired) electrons. The van der Waals surface area contributed by atoms with E-state index in [1.54, 1.807) is 6.20 Å². The van der Waals surface area contributed by atoms with Gasteiger partial charge in [-0.1, -0.05) is 30.3 Å². The van der Waals surface area contributed by atoms with Crippen LogP contribution in [0.25, 0.3) is 0 Å². The number of anilines is 2. The fourth-order valence-corrected chi connectivity index (χ4v) is 3.29. The molecule has 0 bridgehead atoms. The minimum Gasteiger partial charge on any atom is -0.365 e. The summed E-state index contributed by atoms with van der Waals surface area (Å²) >= 11 is 0. The molecule has 0 aliphatic carbocycles. The summed E-state index contributed by atoms with van der Waals surface area (Å²) in [5, 5.41) is 3.21. The number of fused-ring (bicyclic) bond motifs is 1. The van der Waals surface area contributed by atoms with E-state index in [2.05, 4.69) is 49.4 Å². The molecule has 3 N–H and O–H groups in total. The summed E-state index contributed by atoms with van der Waals surface area (Å²) in [5.41, 5.74) is 9.21. The van der Waals surface area contributed by atoms with Gasteiger partial charge in [0.15, 0.2) is 0 Å². The van der Waals surface area contributed by atoms with E-state index in [0.29, 0.717) is 12.4 Å². The number of hydrogen-bond acceptors (Lipinski definition) is 6. The summed E-state index contributed by atoms with van der Waals surface area (Å²) in [6.45, 7) is 2.30. The molecule has 3 aromatic rings. The highest BCUT2D eigenvalue weighted by Gasteiger charge is 2.19. The van der Waals surface area contributed by atoms with E-state index in [1.807, 2.05) is 18.3 Å². The summed E-state index contributed by atoms with van der Waals surface area (Å²) in [5.74, 6) is 0.865. The quantitative estimate of drug-likeness (QED) is 0.724. The number of carbonyl (C=O) groups excluding carboxylic acids is 1. The van der Waals surface area contributed by atoms with Gasteiger partial charge in [0.25, 0.3) is 5.91 Å². The zero-order valence-corrected chi connectivity index (χ0v) is 14.8. The third-order valence-corrected chi connectivity index (χ3v) is 4.64. The normalized spacial score (nSPS) is 13.1. The maximum absolute atomic E-state index is 11.3. The number of amides is 1. The van der Waals surface area contributed by atoms with Crippen LogP contribution < -0.4 is 16.0 Å². The van der Waals surface area contributed by atoms with Crippen LogP contribution in [0.2, 0.25) is 0 Å². The lowest BCUT2D eigenvalue weighted by Crippen LogP contribution is -2.32.